The van der Waals surface area contributed by atoms with Crippen molar-refractivity contribution in [2.24, 2.45) is 0 Å². The summed E-state index contributed by atoms with van der Waals surface area (Å²) in [5, 5.41) is 3.75. The number of carbonyl (C=O) groups excluding carboxylic acids is 1. The van der Waals surface area contributed by atoms with Crippen molar-refractivity contribution in [2.75, 3.05) is 6.61 Å². The monoisotopic (exact) mass is 343 g/mol. The molecule has 2 heterocycles. The molecule has 0 radical (unpaired) electrons. The third kappa shape index (κ3) is 3.34. The Morgan fingerprint density at radius 1 is 1.12 bits per heavy atom. The predicted molar refractivity (Wildman–Crippen MR) is 93.6 cm³/mol. The molecule has 1 saturated heterocycles. The second kappa shape index (κ2) is 6.31. The quantitative estimate of drug-likeness (QED) is 0.628. The van der Waals surface area contributed by atoms with E-state index in [1.807, 2.05) is 52.0 Å². The zero-order valence-electron chi connectivity index (χ0n) is 15.2. The number of nitrogens with zero attached hydrogens (tertiary/aromatic N) is 1. The van der Waals surface area contributed by atoms with Gasteiger partial charge in [-0.2, -0.15) is 0 Å². The van der Waals surface area contributed by atoms with Crippen LogP contribution in [-0.4, -0.2) is 36.1 Å². The van der Waals surface area contributed by atoms with Crippen LogP contribution in [0.3, 0.4) is 0 Å². The van der Waals surface area contributed by atoms with E-state index in [1.54, 1.807) is 13.0 Å². The number of carbonyl (C=O) groups is 1. The molecule has 0 amide bonds. The van der Waals surface area contributed by atoms with Gasteiger partial charge < -0.3 is 18.6 Å². The Balaban J connectivity index is 1.76. The van der Waals surface area contributed by atoms with Crippen LogP contribution in [0.25, 0.3) is 11.3 Å². The average molecular weight is 343 g/mol. The molecule has 1 aromatic heterocycles. The van der Waals surface area contributed by atoms with Crippen LogP contribution in [-0.2, 0) is 14.0 Å². The number of ether oxygens (including phenoxy) is 1. The lowest BCUT2D eigenvalue weighted by atomic mass is 9.79. The number of benzene rings is 1. The fourth-order valence-electron chi connectivity index (χ4n) is 2.50. The SMILES string of the molecule is CCOC(=O)c1cc(-c2ccc(B3OC(C)(C)C(C)(C)O3)cc2)on1. The summed E-state index contributed by atoms with van der Waals surface area (Å²) in [6, 6.07) is 9.18. The number of hydrogen-bond donors (Lipinski definition) is 0. The van der Waals surface area contributed by atoms with E-state index in [4.69, 9.17) is 18.6 Å². The van der Waals surface area contributed by atoms with Crippen molar-refractivity contribution in [2.45, 2.75) is 45.8 Å². The lowest BCUT2D eigenvalue weighted by Gasteiger charge is -2.32. The van der Waals surface area contributed by atoms with Crippen LogP contribution in [0.1, 0.15) is 45.1 Å². The Hall–Kier alpha value is -2.12. The molecule has 0 saturated carbocycles. The maximum atomic E-state index is 11.7. The third-order valence-corrected chi connectivity index (χ3v) is 4.72. The zero-order chi connectivity index (χ0) is 18.2. The van der Waals surface area contributed by atoms with Crippen molar-refractivity contribution >= 4 is 18.6 Å². The Morgan fingerprint density at radius 3 is 2.28 bits per heavy atom. The fraction of sp³-hybridized carbons (Fsp3) is 0.444. The van der Waals surface area contributed by atoms with Gasteiger partial charge in [-0.15, -0.1) is 0 Å². The van der Waals surface area contributed by atoms with Gasteiger partial charge in [0.05, 0.1) is 17.8 Å². The first-order valence-electron chi connectivity index (χ1n) is 8.33. The molecule has 6 nitrogen and oxygen atoms in total. The number of esters is 1. The molecule has 0 unspecified atom stereocenters. The molecule has 1 aliphatic heterocycles. The number of rotatable bonds is 4. The molecule has 2 aromatic rings. The summed E-state index contributed by atoms with van der Waals surface area (Å²) in [5.41, 5.74) is 1.13. The Kier molecular flexibility index (Phi) is 4.47. The van der Waals surface area contributed by atoms with Gasteiger partial charge >= 0.3 is 13.1 Å². The van der Waals surface area contributed by atoms with Gasteiger partial charge in [-0.3, -0.25) is 0 Å². The molecule has 25 heavy (non-hydrogen) atoms. The van der Waals surface area contributed by atoms with Crippen molar-refractivity contribution in [3.8, 4) is 11.3 Å². The molecule has 0 atom stereocenters. The Labute approximate surface area is 147 Å². The maximum Gasteiger partial charge on any atom is 0.494 e. The molecule has 1 fully saturated rings. The first-order chi connectivity index (χ1) is 11.7. The summed E-state index contributed by atoms with van der Waals surface area (Å²) in [4.78, 5) is 11.7. The topological polar surface area (TPSA) is 70.8 Å². The highest BCUT2D eigenvalue weighted by Gasteiger charge is 2.51. The summed E-state index contributed by atoms with van der Waals surface area (Å²) in [7, 11) is -0.413. The Morgan fingerprint density at radius 2 is 1.72 bits per heavy atom. The smallest absolute Gasteiger partial charge is 0.461 e. The molecule has 0 N–H and O–H groups in total. The van der Waals surface area contributed by atoms with Crippen LogP contribution >= 0.6 is 0 Å². The minimum atomic E-state index is -0.494. The van der Waals surface area contributed by atoms with Gasteiger partial charge in [-0.25, -0.2) is 4.79 Å². The van der Waals surface area contributed by atoms with Gasteiger partial charge in [0.15, 0.2) is 11.5 Å². The normalized spacial score (nSPS) is 18.4. The molecule has 7 heteroatoms. The molecule has 1 aromatic carbocycles. The van der Waals surface area contributed by atoms with Gasteiger partial charge in [0, 0.05) is 11.6 Å². The van der Waals surface area contributed by atoms with Crippen molar-refractivity contribution in [3.63, 3.8) is 0 Å². The third-order valence-electron chi connectivity index (χ3n) is 4.72. The van der Waals surface area contributed by atoms with Crippen LogP contribution < -0.4 is 5.46 Å². The predicted octanol–water partition coefficient (Wildman–Crippen LogP) is 2.82. The highest BCUT2D eigenvalue weighted by Crippen LogP contribution is 2.36. The molecule has 3 rings (SSSR count). The van der Waals surface area contributed by atoms with E-state index in [-0.39, 0.29) is 16.9 Å². The van der Waals surface area contributed by atoms with Crippen molar-refractivity contribution in [1.82, 2.24) is 5.16 Å². The number of aromatic nitrogens is 1. The molecular formula is C18H22BNO5. The summed E-state index contributed by atoms with van der Waals surface area (Å²) >= 11 is 0. The maximum absolute atomic E-state index is 11.7. The highest BCUT2D eigenvalue weighted by atomic mass is 16.7. The largest absolute Gasteiger partial charge is 0.494 e. The first-order valence-corrected chi connectivity index (χ1v) is 8.33. The lowest BCUT2D eigenvalue weighted by molar-refractivity contribution is 0.00578. The molecule has 132 valence electrons. The van der Waals surface area contributed by atoms with Crippen LogP contribution in [0.4, 0.5) is 0 Å². The van der Waals surface area contributed by atoms with Gasteiger partial charge in [0.2, 0.25) is 0 Å². The van der Waals surface area contributed by atoms with E-state index in [2.05, 4.69) is 5.16 Å². The summed E-state index contributed by atoms with van der Waals surface area (Å²) < 4.78 is 22.2. The highest BCUT2D eigenvalue weighted by molar-refractivity contribution is 6.62. The molecule has 1 aliphatic rings. The van der Waals surface area contributed by atoms with Crippen LogP contribution in [0.5, 0.6) is 0 Å². The van der Waals surface area contributed by atoms with Crippen molar-refractivity contribution in [1.29, 1.82) is 0 Å². The summed E-state index contributed by atoms with van der Waals surface area (Å²) in [6.45, 7) is 10.1. The standard InChI is InChI=1S/C18H22BNO5/c1-6-22-16(21)14-11-15(23-20-14)12-7-9-13(10-8-12)19-24-17(2,3)18(4,5)25-19/h7-11H,6H2,1-5H3. The van der Waals surface area contributed by atoms with Gasteiger partial charge in [-0.1, -0.05) is 29.4 Å². The average Bonchev–Trinajstić information content (AvgIpc) is 3.11. The van der Waals surface area contributed by atoms with Crippen molar-refractivity contribution < 1.29 is 23.4 Å². The molecule has 0 aliphatic carbocycles. The van der Waals surface area contributed by atoms with Crippen LogP contribution in [0, 0.1) is 0 Å². The summed E-state index contributed by atoms with van der Waals surface area (Å²) in [5.74, 6) is 0.00913. The first kappa shape index (κ1) is 17.7. The van der Waals surface area contributed by atoms with E-state index in [1.165, 1.54) is 0 Å². The van der Waals surface area contributed by atoms with Crippen LogP contribution in [0.15, 0.2) is 34.9 Å². The van der Waals surface area contributed by atoms with Gasteiger partial charge in [0.25, 0.3) is 0 Å². The van der Waals surface area contributed by atoms with Gasteiger partial charge in [-0.05, 0) is 40.1 Å². The lowest BCUT2D eigenvalue weighted by Crippen LogP contribution is -2.41. The van der Waals surface area contributed by atoms with Crippen molar-refractivity contribution in [3.05, 3.63) is 36.0 Å². The molecular weight excluding hydrogens is 321 g/mol. The minimum Gasteiger partial charge on any atom is -0.461 e. The van der Waals surface area contributed by atoms with E-state index >= 15 is 0 Å². The second-order valence-electron chi connectivity index (χ2n) is 7.01. The van der Waals surface area contributed by atoms with E-state index in [9.17, 15) is 4.79 Å². The second-order valence-corrected chi connectivity index (χ2v) is 7.01. The fourth-order valence-corrected chi connectivity index (χ4v) is 2.50. The van der Waals surface area contributed by atoms with Crippen LogP contribution in [0.2, 0.25) is 0 Å². The van der Waals surface area contributed by atoms with E-state index in [0.717, 1.165) is 11.0 Å². The summed E-state index contributed by atoms with van der Waals surface area (Å²) in [6.07, 6.45) is 0. The zero-order valence-corrected chi connectivity index (χ0v) is 15.2. The molecule has 0 bridgehead atoms. The number of hydrogen-bond acceptors (Lipinski definition) is 6. The minimum absolute atomic E-state index is 0.159. The van der Waals surface area contributed by atoms with Gasteiger partial charge in [0.1, 0.15) is 0 Å². The van der Waals surface area contributed by atoms with E-state index in [0.29, 0.717) is 12.4 Å². The van der Waals surface area contributed by atoms with E-state index < -0.39 is 13.1 Å². The molecule has 0 spiro atoms. The Bertz CT molecular complexity index is 750.